The average Bonchev–Trinajstić information content (AvgIpc) is 2.57. The van der Waals surface area contributed by atoms with E-state index in [-0.39, 0.29) is 12.0 Å². The van der Waals surface area contributed by atoms with Crippen LogP contribution in [0.1, 0.15) is 5.56 Å². The molecule has 0 saturated heterocycles. The summed E-state index contributed by atoms with van der Waals surface area (Å²) in [7, 11) is 1.58. The Kier molecular flexibility index (Phi) is 4.08. The van der Waals surface area contributed by atoms with Crippen LogP contribution in [0.3, 0.4) is 0 Å². The summed E-state index contributed by atoms with van der Waals surface area (Å²) in [5, 5.41) is 9.69. The van der Waals surface area contributed by atoms with Crippen LogP contribution in [0.25, 0.3) is 22.0 Å². The van der Waals surface area contributed by atoms with E-state index in [1.165, 1.54) is 0 Å². The highest BCUT2D eigenvalue weighted by molar-refractivity contribution is 5.85. The molecule has 0 aliphatic rings. The zero-order valence-electron chi connectivity index (χ0n) is 13.4. The number of hydrogen-bond acceptors (Lipinski definition) is 3. The molecule has 0 aliphatic heterocycles. The number of carboxylic acid groups (broad SMARTS) is 1. The monoisotopic (exact) mass is 323 g/mol. The quantitative estimate of drug-likeness (QED) is 0.801. The fourth-order valence-electron chi connectivity index (χ4n) is 2.75. The Morgan fingerprint density at radius 3 is 2.50 bits per heavy atom. The standard InChI is InChI=1S/C19H17NO4/c1-12-3-8-15-17(9-12)20(11-18(21)22)10-16(19(15)23)13-4-6-14(24-2)7-5-13/h3-10H,11H2,1-2H3,(H,21,22). The lowest BCUT2D eigenvalue weighted by Crippen LogP contribution is -2.16. The smallest absolute Gasteiger partial charge is 0.323 e. The van der Waals surface area contributed by atoms with Gasteiger partial charge < -0.3 is 14.4 Å². The Hall–Kier alpha value is -3.08. The number of aryl methyl sites for hydroxylation is 1. The van der Waals surface area contributed by atoms with Crippen molar-refractivity contribution in [1.29, 1.82) is 0 Å². The van der Waals surface area contributed by atoms with Gasteiger partial charge >= 0.3 is 5.97 Å². The lowest BCUT2D eigenvalue weighted by atomic mass is 10.0. The number of carbonyl (C=O) groups is 1. The molecule has 2 aromatic carbocycles. The van der Waals surface area contributed by atoms with Crippen molar-refractivity contribution in [3.8, 4) is 16.9 Å². The van der Waals surface area contributed by atoms with Gasteiger partial charge in [0.15, 0.2) is 5.43 Å². The molecule has 0 fully saturated rings. The predicted molar refractivity (Wildman–Crippen MR) is 92.6 cm³/mol. The third-order valence-electron chi connectivity index (χ3n) is 3.94. The fourth-order valence-corrected chi connectivity index (χ4v) is 2.75. The van der Waals surface area contributed by atoms with E-state index in [2.05, 4.69) is 0 Å². The fraction of sp³-hybridized carbons (Fsp3) is 0.158. The normalized spacial score (nSPS) is 10.8. The van der Waals surface area contributed by atoms with Gasteiger partial charge in [-0.1, -0.05) is 18.2 Å². The molecule has 0 unspecified atom stereocenters. The predicted octanol–water partition coefficient (Wildman–Crippen LogP) is 3.07. The lowest BCUT2D eigenvalue weighted by molar-refractivity contribution is -0.137. The topological polar surface area (TPSA) is 68.5 Å². The number of nitrogens with zero attached hydrogens (tertiary/aromatic N) is 1. The minimum atomic E-state index is -0.956. The van der Waals surface area contributed by atoms with Gasteiger partial charge in [0.1, 0.15) is 12.3 Å². The van der Waals surface area contributed by atoms with Crippen LogP contribution >= 0.6 is 0 Å². The van der Waals surface area contributed by atoms with Crippen molar-refractivity contribution in [2.45, 2.75) is 13.5 Å². The van der Waals surface area contributed by atoms with E-state index in [1.54, 1.807) is 48.2 Å². The molecule has 24 heavy (non-hydrogen) atoms. The third kappa shape index (κ3) is 2.88. The van der Waals surface area contributed by atoms with Gasteiger partial charge in [0.05, 0.1) is 12.6 Å². The molecule has 1 heterocycles. The highest BCUT2D eigenvalue weighted by Gasteiger charge is 2.13. The second kappa shape index (κ2) is 6.20. The van der Waals surface area contributed by atoms with E-state index in [9.17, 15) is 14.7 Å². The molecule has 0 spiro atoms. The minimum absolute atomic E-state index is 0.114. The van der Waals surface area contributed by atoms with Gasteiger partial charge in [0.2, 0.25) is 0 Å². The maximum atomic E-state index is 12.8. The van der Waals surface area contributed by atoms with E-state index in [0.717, 1.165) is 11.1 Å². The highest BCUT2D eigenvalue weighted by atomic mass is 16.5. The molecule has 1 N–H and O–H groups in total. The van der Waals surface area contributed by atoms with Gasteiger partial charge in [-0.25, -0.2) is 0 Å². The first kappa shape index (κ1) is 15.8. The molecule has 0 saturated carbocycles. The number of methoxy groups -OCH3 is 1. The van der Waals surface area contributed by atoms with Crippen LogP contribution < -0.4 is 10.2 Å². The lowest BCUT2D eigenvalue weighted by Gasteiger charge is -2.13. The molecular formula is C19H17NO4. The molecule has 1 aromatic heterocycles. The van der Waals surface area contributed by atoms with Crippen LogP contribution in [0.2, 0.25) is 0 Å². The van der Waals surface area contributed by atoms with Crippen LogP contribution in [-0.2, 0) is 11.3 Å². The summed E-state index contributed by atoms with van der Waals surface area (Å²) >= 11 is 0. The van der Waals surface area contributed by atoms with Gasteiger partial charge in [-0.2, -0.15) is 0 Å². The zero-order chi connectivity index (χ0) is 17.3. The molecule has 0 aliphatic carbocycles. The number of pyridine rings is 1. The molecular weight excluding hydrogens is 306 g/mol. The Morgan fingerprint density at radius 1 is 1.17 bits per heavy atom. The summed E-state index contributed by atoms with van der Waals surface area (Å²) in [4.78, 5) is 24.0. The third-order valence-corrected chi connectivity index (χ3v) is 3.94. The number of ether oxygens (including phenoxy) is 1. The molecule has 0 bridgehead atoms. The molecule has 122 valence electrons. The number of fused-ring (bicyclic) bond motifs is 1. The molecule has 0 atom stereocenters. The van der Waals surface area contributed by atoms with Crippen molar-refractivity contribution < 1.29 is 14.6 Å². The number of aromatic nitrogens is 1. The Morgan fingerprint density at radius 2 is 1.88 bits per heavy atom. The number of benzene rings is 2. The summed E-state index contributed by atoms with van der Waals surface area (Å²) in [6, 6.07) is 12.6. The van der Waals surface area contributed by atoms with Crippen molar-refractivity contribution in [3.05, 3.63) is 64.4 Å². The highest BCUT2D eigenvalue weighted by Crippen LogP contribution is 2.23. The molecule has 5 nitrogen and oxygen atoms in total. The van der Waals surface area contributed by atoms with Crippen LogP contribution in [0.5, 0.6) is 5.75 Å². The van der Waals surface area contributed by atoms with Gasteiger partial charge in [-0.05, 0) is 42.3 Å². The molecule has 3 aromatic rings. The average molecular weight is 323 g/mol. The van der Waals surface area contributed by atoms with E-state index in [0.29, 0.717) is 22.2 Å². The number of carboxylic acids is 1. The van der Waals surface area contributed by atoms with Crippen LogP contribution in [0, 0.1) is 6.92 Å². The summed E-state index contributed by atoms with van der Waals surface area (Å²) in [5.74, 6) is -0.261. The first-order valence-electron chi connectivity index (χ1n) is 7.49. The van der Waals surface area contributed by atoms with Crippen molar-refractivity contribution in [1.82, 2.24) is 4.57 Å². The Balaban J connectivity index is 2.27. The first-order valence-corrected chi connectivity index (χ1v) is 7.49. The molecule has 3 rings (SSSR count). The number of aliphatic carboxylic acids is 1. The van der Waals surface area contributed by atoms with Crippen molar-refractivity contribution in [3.63, 3.8) is 0 Å². The molecule has 0 radical (unpaired) electrons. The van der Waals surface area contributed by atoms with Crippen molar-refractivity contribution in [2.75, 3.05) is 7.11 Å². The minimum Gasteiger partial charge on any atom is -0.497 e. The summed E-state index contributed by atoms with van der Waals surface area (Å²) in [6.45, 7) is 1.70. The summed E-state index contributed by atoms with van der Waals surface area (Å²) in [5.41, 5.74) is 2.67. The van der Waals surface area contributed by atoms with Gasteiger partial charge in [0.25, 0.3) is 0 Å². The number of rotatable bonds is 4. The summed E-state index contributed by atoms with van der Waals surface area (Å²) < 4.78 is 6.74. The molecule has 5 heteroatoms. The maximum absolute atomic E-state index is 12.8. The second-order valence-electron chi connectivity index (χ2n) is 5.64. The van der Waals surface area contributed by atoms with Crippen LogP contribution in [0.15, 0.2) is 53.5 Å². The number of hydrogen-bond donors (Lipinski definition) is 1. The second-order valence-corrected chi connectivity index (χ2v) is 5.64. The van der Waals surface area contributed by atoms with Gasteiger partial charge in [-0.3, -0.25) is 9.59 Å². The maximum Gasteiger partial charge on any atom is 0.323 e. The van der Waals surface area contributed by atoms with E-state index < -0.39 is 5.97 Å². The van der Waals surface area contributed by atoms with E-state index in [1.807, 2.05) is 19.1 Å². The van der Waals surface area contributed by atoms with E-state index >= 15 is 0 Å². The SMILES string of the molecule is COc1ccc(-c2cn(CC(=O)O)c3cc(C)ccc3c2=O)cc1. The molecule has 0 amide bonds. The van der Waals surface area contributed by atoms with Crippen LogP contribution in [0.4, 0.5) is 0 Å². The van der Waals surface area contributed by atoms with Crippen LogP contribution in [-0.4, -0.2) is 22.8 Å². The van der Waals surface area contributed by atoms with Crippen molar-refractivity contribution >= 4 is 16.9 Å². The largest absolute Gasteiger partial charge is 0.497 e. The van der Waals surface area contributed by atoms with E-state index in [4.69, 9.17) is 4.74 Å². The Bertz CT molecular complexity index is 971. The Labute approximate surface area is 138 Å². The summed E-state index contributed by atoms with van der Waals surface area (Å²) in [6.07, 6.45) is 1.61. The zero-order valence-corrected chi connectivity index (χ0v) is 13.4. The van der Waals surface area contributed by atoms with Gasteiger partial charge in [-0.15, -0.1) is 0 Å². The van der Waals surface area contributed by atoms with Gasteiger partial charge in [0, 0.05) is 17.1 Å². The first-order chi connectivity index (χ1) is 11.5. The van der Waals surface area contributed by atoms with Crippen molar-refractivity contribution in [2.24, 2.45) is 0 Å².